The molecule has 0 bridgehead atoms. The van der Waals surface area contributed by atoms with Crippen molar-refractivity contribution >= 4 is 0 Å². The summed E-state index contributed by atoms with van der Waals surface area (Å²) in [5.74, 6) is 0.700. The zero-order chi connectivity index (χ0) is 11.0. The van der Waals surface area contributed by atoms with E-state index >= 15 is 0 Å². The molecule has 0 amide bonds. The monoisotopic (exact) mass is 217 g/mol. The van der Waals surface area contributed by atoms with Crippen LogP contribution in [0.5, 0.6) is 0 Å². The Hall–Kier alpha value is -0.860. The van der Waals surface area contributed by atoms with Crippen molar-refractivity contribution in [3.8, 4) is 0 Å². The Kier molecular flexibility index (Phi) is 2.70. The topological polar surface area (TPSA) is 23.5 Å². The summed E-state index contributed by atoms with van der Waals surface area (Å²) < 4.78 is 0. The molecule has 2 nitrogen and oxygen atoms in total. The number of rotatable bonds is 3. The quantitative estimate of drug-likeness (QED) is 0.834. The summed E-state index contributed by atoms with van der Waals surface area (Å²) in [5, 5.41) is 9.18. The van der Waals surface area contributed by atoms with E-state index in [1.807, 2.05) is 0 Å². The first-order valence-corrected chi connectivity index (χ1v) is 6.31. The van der Waals surface area contributed by atoms with Crippen LogP contribution in [0, 0.1) is 0 Å². The smallest absolute Gasteiger partial charge is 0.0587 e. The Morgan fingerprint density at radius 3 is 2.88 bits per heavy atom. The lowest BCUT2D eigenvalue weighted by atomic mass is 9.96. The standard InChI is InChI=1S/C14H19NO/c16-10-13-7-8-15(13)9-12-6-5-11-3-1-2-4-14(11)12/h1-4,12-13,16H,5-10H2. The fourth-order valence-electron chi connectivity index (χ4n) is 3.06. The molecule has 0 spiro atoms. The van der Waals surface area contributed by atoms with Crippen LogP contribution >= 0.6 is 0 Å². The van der Waals surface area contributed by atoms with Gasteiger partial charge < -0.3 is 5.11 Å². The summed E-state index contributed by atoms with van der Waals surface area (Å²) in [4.78, 5) is 2.44. The molecule has 1 aliphatic carbocycles. The number of hydrogen-bond acceptors (Lipinski definition) is 2. The van der Waals surface area contributed by atoms with Crippen LogP contribution in [0.2, 0.25) is 0 Å². The molecule has 1 aliphatic heterocycles. The molecule has 86 valence electrons. The van der Waals surface area contributed by atoms with Gasteiger partial charge in [-0.15, -0.1) is 0 Å². The van der Waals surface area contributed by atoms with E-state index in [4.69, 9.17) is 0 Å². The molecule has 1 heterocycles. The van der Waals surface area contributed by atoms with Crippen LogP contribution < -0.4 is 0 Å². The highest BCUT2D eigenvalue weighted by atomic mass is 16.3. The maximum absolute atomic E-state index is 9.18. The largest absolute Gasteiger partial charge is 0.395 e. The Morgan fingerprint density at radius 2 is 2.12 bits per heavy atom. The van der Waals surface area contributed by atoms with Crippen LogP contribution in [-0.4, -0.2) is 35.7 Å². The molecule has 0 saturated carbocycles. The van der Waals surface area contributed by atoms with Crippen molar-refractivity contribution in [2.24, 2.45) is 0 Å². The predicted octanol–water partition coefficient (Wildman–Crippen LogP) is 1.78. The van der Waals surface area contributed by atoms with Gasteiger partial charge in [0.2, 0.25) is 0 Å². The second-order valence-electron chi connectivity index (χ2n) is 5.05. The lowest BCUT2D eigenvalue weighted by molar-refractivity contribution is 0.0372. The second-order valence-corrected chi connectivity index (χ2v) is 5.05. The van der Waals surface area contributed by atoms with E-state index in [-0.39, 0.29) is 0 Å². The van der Waals surface area contributed by atoms with E-state index in [0.717, 1.165) is 6.54 Å². The van der Waals surface area contributed by atoms with E-state index < -0.39 is 0 Å². The molecule has 1 aromatic carbocycles. The Labute approximate surface area is 96.9 Å². The number of hydrogen-bond donors (Lipinski definition) is 1. The maximum Gasteiger partial charge on any atom is 0.0587 e. The molecule has 2 unspecified atom stereocenters. The average Bonchev–Trinajstić information content (AvgIpc) is 2.68. The average molecular weight is 217 g/mol. The first-order valence-electron chi connectivity index (χ1n) is 6.31. The van der Waals surface area contributed by atoms with Crippen LogP contribution in [0.15, 0.2) is 24.3 Å². The molecule has 1 fully saturated rings. The molecule has 2 heteroatoms. The minimum atomic E-state index is 0.328. The number of likely N-dealkylation sites (tertiary alicyclic amines) is 1. The van der Waals surface area contributed by atoms with Gasteiger partial charge in [0.05, 0.1) is 6.61 Å². The molecule has 0 radical (unpaired) electrons. The minimum absolute atomic E-state index is 0.328. The van der Waals surface area contributed by atoms with Gasteiger partial charge in [-0.3, -0.25) is 4.90 Å². The van der Waals surface area contributed by atoms with Crippen LogP contribution in [0.3, 0.4) is 0 Å². The van der Waals surface area contributed by atoms with Gasteiger partial charge in [0, 0.05) is 19.1 Å². The van der Waals surface area contributed by atoms with Crippen LogP contribution in [-0.2, 0) is 6.42 Å². The number of fused-ring (bicyclic) bond motifs is 1. The summed E-state index contributed by atoms with van der Waals surface area (Å²) in [7, 11) is 0. The third-order valence-electron chi connectivity index (χ3n) is 4.19. The molecule has 16 heavy (non-hydrogen) atoms. The van der Waals surface area contributed by atoms with Crippen molar-refractivity contribution in [3.05, 3.63) is 35.4 Å². The van der Waals surface area contributed by atoms with Crippen LogP contribution in [0.25, 0.3) is 0 Å². The third kappa shape index (κ3) is 1.66. The molecule has 2 atom stereocenters. The van der Waals surface area contributed by atoms with Crippen molar-refractivity contribution in [1.82, 2.24) is 4.90 Å². The molecule has 0 aromatic heterocycles. The zero-order valence-corrected chi connectivity index (χ0v) is 9.60. The summed E-state index contributed by atoms with van der Waals surface area (Å²) in [6.45, 7) is 2.64. The van der Waals surface area contributed by atoms with E-state index in [1.54, 1.807) is 5.56 Å². The molecule has 3 rings (SSSR count). The molecule has 1 saturated heterocycles. The second kappa shape index (κ2) is 4.19. The van der Waals surface area contributed by atoms with Gasteiger partial charge in [0.1, 0.15) is 0 Å². The van der Waals surface area contributed by atoms with Crippen molar-refractivity contribution in [1.29, 1.82) is 0 Å². The molecule has 2 aliphatic rings. The van der Waals surface area contributed by atoms with Gasteiger partial charge in [-0.2, -0.15) is 0 Å². The SMILES string of the molecule is OCC1CCN1CC1CCc2ccccc21. The van der Waals surface area contributed by atoms with Crippen molar-refractivity contribution in [3.63, 3.8) is 0 Å². The first-order chi connectivity index (χ1) is 7.88. The van der Waals surface area contributed by atoms with Crippen molar-refractivity contribution in [2.75, 3.05) is 19.7 Å². The number of aliphatic hydroxyl groups is 1. The van der Waals surface area contributed by atoms with Gasteiger partial charge in [0.15, 0.2) is 0 Å². The fraction of sp³-hybridized carbons (Fsp3) is 0.571. The third-order valence-corrected chi connectivity index (χ3v) is 4.19. The molecular weight excluding hydrogens is 198 g/mol. The van der Waals surface area contributed by atoms with E-state index in [9.17, 15) is 5.11 Å². The van der Waals surface area contributed by atoms with Gasteiger partial charge in [-0.1, -0.05) is 24.3 Å². The Morgan fingerprint density at radius 1 is 1.25 bits per heavy atom. The lowest BCUT2D eigenvalue weighted by Gasteiger charge is -2.41. The number of benzene rings is 1. The zero-order valence-electron chi connectivity index (χ0n) is 9.60. The lowest BCUT2D eigenvalue weighted by Crippen LogP contribution is -2.51. The summed E-state index contributed by atoms with van der Waals surface area (Å²) in [5.41, 5.74) is 3.08. The highest BCUT2D eigenvalue weighted by molar-refractivity contribution is 5.35. The molecule has 1 N–H and O–H groups in total. The summed E-state index contributed by atoms with van der Waals surface area (Å²) in [6.07, 6.45) is 3.69. The number of aryl methyl sites for hydroxylation is 1. The van der Waals surface area contributed by atoms with E-state index in [2.05, 4.69) is 29.2 Å². The van der Waals surface area contributed by atoms with Gasteiger partial charge >= 0.3 is 0 Å². The van der Waals surface area contributed by atoms with Crippen LogP contribution in [0.4, 0.5) is 0 Å². The molecule has 1 aromatic rings. The summed E-state index contributed by atoms with van der Waals surface area (Å²) >= 11 is 0. The Bertz CT molecular complexity index is 375. The maximum atomic E-state index is 9.18. The van der Waals surface area contributed by atoms with Crippen LogP contribution in [0.1, 0.15) is 29.9 Å². The van der Waals surface area contributed by atoms with Crippen molar-refractivity contribution in [2.45, 2.75) is 31.2 Å². The predicted molar refractivity (Wildman–Crippen MR) is 64.6 cm³/mol. The van der Waals surface area contributed by atoms with Crippen molar-refractivity contribution < 1.29 is 5.11 Å². The normalized spacial score (nSPS) is 28.8. The molecular formula is C14H19NO. The highest BCUT2D eigenvalue weighted by Crippen LogP contribution is 2.35. The highest BCUT2D eigenvalue weighted by Gasteiger charge is 2.31. The first kappa shape index (κ1) is 10.3. The van der Waals surface area contributed by atoms with E-state index in [1.165, 1.54) is 31.4 Å². The van der Waals surface area contributed by atoms with Gasteiger partial charge in [-0.25, -0.2) is 0 Å². The van der Waals surface area contributed by atoms with E-state index in [0.29, 0.717) is 18.6 Å². The Balaban J connectivity index is 1.69. The fourth-order valence-corrected chi connectivity index (χ4v) is 3.06. The number of nitrogens with zero attached hydrogens (tertiary/aromatic N) is 1. The van der Waals surface area contributed by atoms with Gasteiger partial charge in [0.25, 0.3) is 0 Å². The van der Waals surface area contributed by atoms with Gasteiger partial charge in [-0.05, 0) is 36.3 Å². The number of aliphatic hydroxyl groups excluding tert-OH is 1. The minimum Gasteiger partial charge on any atom is -0.395 e. The summed E-state index contributed by atoms with van der Waals surface area (Å²) in [6, 6.07) is 9.26.